The van der Waals surface area contributed by atoms with Crippen molar-refractivity contribution in [1.29, 1.82) is 0 Å². The number of thioether (sulfide) groups is 2. The first-order chi connectivity index (χ1) is 8.58. The van der Waals surface area contributed by atoms with Gasteiger partial charge in [-0.15, -0.1) is 0 Å². The summed E-state index contributed by atoms with van der Waals surface area (Å²) in [6.07, 6.45) is 0. The van der Waals surface area contributed by atoms with Crippen molar-refractivity contribution in [2.24, 2.45) is 4.99 Å². The molecule has 6 nitrogen and oxygen atoms in total. The fourth-order valence-electron chi connectivity index (χ4n) is 1.36. The topological polar surface area (TPSA) is 92.8 Å². The number of carboxylic acid groups (broad SMARTS) is 1. The van der Waals surface area contributed by atoms with Crippen LogP contribution in [-0.2, 0) is 0 Å². The monoisotopic (exact) mass is 284 g/mol. The highest BCUT2D eigenvalue weighted by Gasteiger charge is 2.19. The van der Waals surface area contributed by atoms with Crippen molar-refractivity contribution in [3.63, 3.8) is 0 Å². The van der Waals surface area contributed by atoms with Gasteiger partial charge in [-0.25, -0.2) is 4.79 Å². The lowest BCUT2D eigenvalue weighted by atomic mass is 10.2. The molecule has 2 rings (SSSR count). The quantitative estimate of drug-likeness (QED) is 0.677. The first-order valence-electron chi connectivity index (χ1n) is 4.95. The molecule has 1 N–H and O–H groups in total. The molecule has 0 aliphatic carbocycles. The number of carbonyl (C=O) groups is 1. The first kappa shape index (κ1) is 12.9. The Morgan fingerprint density at radius 3 is 2.89 bits per heavy atom. The molecule has 0 atom stereocenters. The molecule has 1 aromatic carbocycles. The van der Waals surface area contributed by atoms with Gasteiger partial charge in [0.1, 0.15) is 4.38 Å². The lowest BCUT2D eigenvalue weighted by Gasteiger charge is -2.04. The summed E-state index contributed by atoms with van der Waals surface area (Å²) in [6, 6.07) is 3.83. The molecule has 18 heavy (non-hydrogen) atoms. The molecular formula is C10H8N2O4S2. The van der Waals surface area contributed by atoms with Crippen LogP contribution in [0.25, 0.3) is 0 Å². The standard InChI is InChI=1S/C10H8N2O4S2/c13-9(14)7-5-6(12(15)16)1-2-8(7)18-10-11-3-4-17-10/h1-2,5H,3-4H2,(H,13,14). The van der Waals surface area contributed by atoms with Crippen LogP contribution in [0.2, 0.25) is 0 Å². The van der Waals surface area contributed by atoms with Gasteiger partial charge in [0.2, 0.25) is 0 Å². The van der Waals surface area contributed by atoms with Crippen molar-refractivity contribution in [3.05, 3.63) is 33.9 Å². The number of hydrogen-bond acceptors (Lipinski definition) is 6. The summed E-state index contributed by atoms with van der Waals surface area (Å²) in [5, 5.41) is 19.7. The highest BCUT2D eigenvalue weighted by Crippen LogP contribution is 2.33. The number of aliphatic imine (C=N–C) groups is 1. The minimum absolute atomic E-state index is 0.0654. The molecule has 94 valence electrons. The van der Waals surface area contributed by atoms with Crippen molar-refractivity contribution >= 4 is 39.6 Å². The average molecular weight is 284 g/mol. The van der Waals surface area contributed by atoms with Crippen LogP contribution >= 0.6 is 23.5 Å². The van der Waals surface area contributed by atoms with Crippen LogP contribution in [0.1, 0.15) is 10.4 Å². The van der Waals surface area contributed by atoms with Gasteiger partial charge in [0, 0.05) is 22.8 Å². The minimum Gasteiger partial charge on any atom is -0.478 e. The zero-order chi connectivity index (χ0) is 13.1. The first-order valence-corrected chi connectivity index (χ1v) is 6.75. The molecule has 1 aliphatic heterocycles. The molecule has 1 aliphatic rings. The molecule has 0 aromatic heterocycles. The van der Waals surface area contributed by atoms with E-state index in [4.69, 9.17) is 5.11 Å². The maximum Gasteiger partial charge on any atom is 0.337 e. The van der Waals surface area contributed by atoms with Gasteiger partial charge in [-0.2, -0.15) is 0 Å². The number of nitro benzene ring substituents is 1. The lowest BCUT2D eigenvalue weighted by Crippen LogP contribution is -2.01. The number of nitrogens with zero attached hydrogens (tertiary/aromatic N) is 2. The Kier molecular flexibility index (Phi) is 3.87. The van der Waals surface area contributed by atoms with Crippen LogP contribution in [0, 0.1) is 10.1 Å². The van der Waals surface area contributed by atoms with Gasteiger partial charge in [0.05, 0.1) is 17.0 Å². The molecule has 0 saturated heterocycles. The number of rotatable bonds is 3. The predicted octanol–water partition coefficient (Wildman–Crippen LogP) is 2.49. The van der Waals surface area contributed by atoms with Gasteiger partial charge >= 0.3 is 5.97 Å². The van der Waals surface area contributed by atoms with Gasteiger partial charge in [0.25, 0.3) is 5.69 Å². The third kappa shape index (κ3) is 2.82. The van der Waals surface area contributed by atoms with E-state index in [-0.39, 0.29) is 11.3 Å². The molecule has 8 heteroatoms. The highest BCUT2D eigenvalue weighted by molar-refractivity contribution is 8.39. The summed E-state index contributed by atoms with van der Waals surface area (Å²) < 4.78 is 0.798. The van der Waals surface area contributed by atoms with Crippen molar-refractivity contribution in [2.75, 3.05) is 12.3 Å². The van der Waals surface area contributed by atoms with Crippen LogP contribution in [0.3, 0.4) is 0 Å². The zero-order valence-electron chi connectivity index (χ0n) is 9.03. The maximum absolute atomic E-state index is 11.1. The van der Waals surface area contributed by atoms with E-state index in [2.05, 4.69) is 4.99 Å². The number of hydrogen-bond donors (Lipinski definition) is 1. The Hall–Kier alpha value is -1.54. The van der Waals surface area contributed by atoms with Crippen LogP contribution < -0.4 is 0 Å². The van der Waals surface area contributed by atoms with Crippen LogP contribution in [0.15, 0.2) is 28.1 Å². The minimum atomic E-state index is -1.18. The van der Waals surface area contributed by atoms with Crippen LogP contribution in [0.5, 0.6) is 0 Å². The van der Waals surface area contributed by atoms with Crippen molar-refractivity contribution < 1.29 is 14.8 Å². The van der Waals surface area contributed by atoms with E-state index in [1.165, 1.54) is 23.9 Å². The molecule has 0 spiro atoms. The molecule has 0 fully saturated rings. The van der Waals surface area contributed by atoms with E-state index in [9.17, 15) is 14.9 Å². The van der Waals surface area contributed by atoms with Crippen molar-refractivity contribution in [1.82, 2.24) is 0 Å². The molecule has 0 saturated carbocycles. The fraction of sp³-hybridized carbons (Fsp3) is 0.200. The largest absolute Gasteiger partial charge is 0.478 e. The van der Waals surface area contributed by atoms with Gasteiger partial charge in [-0.1, -0.05) is 23.5 Å². The van der Waals surface area contributed by atoms with Crippen LogP contribution in [0.4, 0.5) is 5.69 Å². The Morgan fingerprint density at radius 2 is 2.33 bits per heavy atom. The molecule has 0 unspecified atom stereocenters. The molecule has 1 heterocycles. The lowest BCUT2D eigenvalue weighted by molar-refractivity contribution is -0.384. The Labute approximate surface area is 111 Å². The number of aromatic carboxylic acids is 1. The highest BCUT2D eigenvalue weighted by atomic mass is 32.2. The van der Waals surface area contributed by atoms with Crippen LogP contribution in [-0.4, -0.2) is 32.7 Å². The van der Waals surface area contributed by atoms with E-state index in [0.29, 0.717) is 4.90 Å². The molecule has 0 bridgehead atoms. The molecular weight excluding hydrogens is 276 g/mol. The Morgan fingerprint density at radius 1 is 1.56 bits per heavy atom. The van der Waals surface area contributed by atoms with E-state index >= 15 is 0 Å². The number of carboxylic acids is 1. The molecule has 0 amide bonds. The van der Waals surface area contributed by atoms with Gasteiger partial charge in [0.15, 0.2) is 0 Å². The Balaban J connectivity index is 2.34. The second-order valence-corrected chi connectivity index (χ2v) is 5.71. The Bertz CT molecular complexity index is 545. The van der Waals surface area contributed by atoms with E-state index in [1.807, 2.05) is 0 Å². The third-order valence-electron chi connectivity index (χ3n) is 2.16. The number of non-ortho nitro benzene ring substituents is 1. The second kappa shape index (κ2) is 5.40. The smallest absolute Gasteiger partial charge is 0.337 e. The summed E-state index contributed by atoms with van der Waals surface area (Å²) >= 11 is 2.79. The average Bonchev–Trinajstić information content (AvgIpc) is 2.81. The predicted molar refractivity (Wildman–Crippen MR) is 70.7 cm³/mol. The molecule has 1 aromatic rings. The third-order valence-corrected chi connectivity index (χ3v) is 4.41. The van der Waals surface area contributed by atoms with E-state index in [0.717, 1.165) is 22.7 Å². The normalized spacial score (nSPS) is 14.3. The van der Waals surface area contributed by atoms with E-state index in [1.54, 1.807) is 11.8 Å². The van der Waals surface area contributed by atoms with Gasteiger partial charge < -0.3 is 5.11 Å². The zero-order valence-corrected chi connectivity index (χ0v) is 10.7. The SMILES string of the molecule is O=C(O)c1cc([N+](=O)[O-])ccc1SC1=NCCS1. The fourth-order valence-corrected chi connectivity index (χ4v) is 3.39. The number of benzene rings is 1. The maximum atomic E-state index is 11.1. The van der Waals surface area contributed by atoms with E-state index < -0.39 is 10.9 Å². The van der Waals surface area contributed by atoms with Gasteiger partial charge in [-0.3, -0.25) is 15.1 Å². The van der Waals surface area contributed by atoms with Crippen molar-refractivity contribution in [3.8, 4) is 0 Å². The summed E-state index contributed by atoms with van der Waals surface area (Å²) in [4.78, 5) is 25.8. The number of nitro groups is 1. The summed E-state index contributed by atoms with van der Waals surface area (Å²) in [5.74, 6) is -0.289. The summed E-state index contributed by atoms with van der Waals surface area (Å²) in [5.41, 5.74) is -0.290. The van der Waals surface area contributed by atoms with Gasteiger partial charge in [-0.05, 0) is 6.07 Å². The second-order valence-electron chi connectivity index (χ2n) is 3.34. The molecule has 0 radical (unpaired) electrons. The summed E-state index contributed by atoms with van der Waals surface area (Å²) in [7, 11) is 0. The van der Waals surface area contributed by atoms with Crippen molar-refractivity contribution in [2.45, 2.75) is 4.90 Å². The summed E-state index contributed by atoms with van der Waals surface area (Å²) in [6.45, 7) is 0.725.